The fourth-order valence-corrected chi connectivity index (χ4v) is 1.11. The Hall–Kier alpha value is -1.12. The predicted molar refractivity (Wildman–Crippen MR) is 40.7 cm³/mol. The zero-order valence-electron chi connectivity index (χ0n) is 6.68. The van der Waals surface area contributed by atoms with E-state index in [1.165, 1.54) is 0 Å². The molecule has 0 radical (unpaired) electrons. The Morgan fingerprint density at radius 2 is 2.18 bits per heavy atom. The molecule has 1 N–H and O–H groups in total. The number of hydrogen-bond acceptors (Lipinski definition) is 2. The molecular weight excluding hydrogens is 142 g/mol. The van der Waals surface area contributed by atoms with Crippen LogP contribution in [0, 0.1) is 5.92 Å². The van der Waals surface area contributed by atoms with Crippen molar-refractivity contribution in [1.82, 2.24) is 5.32 Å². The molecule has 1 aliphatic heterocycles. The average molecular weight is 153 g/mol. The molecule has 3 nitrogen and oxygen atoms in total. The van der Waals surface area contributed by atoms with Crippen molar-refractivity contribution in [3.05, 3.63) is 11.6 Å². The molecule has 0 aliphatic carbocycles. The van der Waals surface area contributed by atoms with E-state index >= 15 is 0 Å². The topological polar surface area (TPSA) is 46.2 Å². The second-order valence-corrected chi connectivity index (χ2v) is 2.97. The van der Waals surface area contributed by atoms with Gasteiger partial charge in [-0.25, -0.2) is 0 Å². The largest absolute Gasteiger partial charge is 0.296 e. The van der Waals surface area contributed by atoms with Crippen molar-refractivity contribution in [3.63, 3.8) is 0 Å². The summed E-state index contributed by atoms with van der Waals surface area (Å²) in [5.41, 5.74) is 1.07. The first-order valence-electron chi connectivity index (χ1n) is 3.58. The Morgan fingerprint density at radius 3 is 2.55 bits per heavy atom. The lowest BCUT2D eigenvalue weighted by Gasteiger charge is -1.97. The maximum Gasteiger partial charge on any atom is 0.234 e. The maximum atomic E-state index is 10.9. The molecule has 60 valence electrons. The molecule has 11 heavy (non-hydrogen) atoms. The van der Waals surface area contributed by atoms with E-state index in [0.29, 0.717) is 6.42 Å². The minimum absolute atomic E-state index is 0.169. The third-order valence-electron chi connectivity index (χ3n) is 1.54. The normalized spacial score (nSPS) is 23.3. The van der Waals surface area contributed by atoms with Gasteiger partial charge in [0.05, 0.1) is 5.92 Å². The predicted octanol–water partition coefficient (Wildman–Crippen LogP) is 0.615. The molecule has 1 rings (SSSR count). The highest BCUT2D eigenvalue weighted by Crippen LogP contribution is 2.13. The van der Waals surface area contributed by atoms with Crippen molar-refractivity contribution in [3.8, 4) is 0 Å². The van der Waals surface area contributed by atoms with Crippen LogP contribution in [-0.2, 0) is 9.59 Å². The zero-order chi connectivity index (χ0) is 8.43. The highest BCUT2D eigenvalue weighted by atomic mass is 16.2. The van der Waals surface area contributed by atoms with Crippen LogP contribution in [0.15, 0.2) is 11.6 Å². The van der Waals surface area contributed by atoms with Crippen molar-refractivity contribution in [2.75, 3.05) is 0 Å². The van der Waals surface area contributed by atoms with Crippen molar-refractivity contribution in [2.24, 2.45) is 5.92 Å². The highest BCUT2D eigenvalue weighted by molar-refractivity contribution is 6.04. The van der Waals surface area contributed by atoms with Crippen molar-refractivity contribution >= 4 is 11.8 Å². The molecule has 2 amide bonds. The molecule has 1 unspecified atom stereocenters. The number of nitrogens with one attached hydrogen (secondary N) is 1. The van der Waals surface area contributed by atoms with Crippen LogP contribution in [0.2, 0.25) is 0 Å². The van der Waals surface area contributed by atoms with E-state index in [9.17, 15) is 9.59 Å². The minimum Gasteiger partial charge on any atom is -0.296 e. The Labute approximate surface area is 65.5 Å². The zero-order valence-corrected chi connectivity index (χ0v) is 6.68. The van der Waals surface area contributed by atoms with Gasteiger partial charge in [-0.1, -0.05) is 11.6 Å². The van der Waals surface area contributed by atoms with Gasteiger partial charge in [0.1, 0.15) is 0 Å². The Balaban J connectivity index is 2.68. The Bertz CT molecular complexity index is 226. The first-order chi connectivity index (χ1) is 5.09. The smallest absolute Gasteiger partial charge is 0.234 e. The molecule has 0 aromatic heterocycles. The van der Waals surface area contributed by atoms with Gasteiger partial charge in [0.25, 0.3) is 0 Å². The lowest BCUT2D eigenvalue weighted by molar-refractivity contribution is -0.125. The van der Waals surface area contributed by atoms with Crippen LogP contribution in [0.3, 0.4) is 0 Å². The fourth-order valence-electron chi connectivity index (χ4n) is 1.11. The molecule has 1 saturated heterocycles. The van der Waals surface area contributed by atoms with Crippen molar-refractivity contribution in [1.29, 1.82) is 0 Å². The quantitative estimate of drug-likeness (QED) is 0.443. The van der Waals surface area contributed by atoms with Gasteiger partial charge in [-0.3, -0.25) is 14.9 Å². The second-order valence-electron chi connectivity index (χ2n) is 2.97. The van der Waals surface area contributed by atoms with Gasteiger partial charge in [-0.2, -0.15) is 0 Å². The van der Waals surface area contributed by atoms with Crippen LogP contribution in [0.25, 0.3) is 0 Å². The summed E-state index contributed by atoms with van der Waals surface area (Å²) >= 11 is 0. The van der Waals surface area contributed by atoms with Gasteiger partial charge in [-0.15, -0.1) is 0 Å². The van der Waals surface area contributed by atoms with Gasteiger partial charge < -0.3 is 0 Å². The SMILES string of the molecule is CC(C)=CC1CC(=O)NC1=O. The monoisotopic (exact) mass is 153 g/mol. The van der Waals surface area contributed by atoms with E-state index in [2.05, 4.69) is 5.32 Å². The number of hydrogen-bond donors (Lipinski definition) is 1. The molecule has 0 spiro atoms. The van der Waals surface area contributed by atoms with Crippen LogP contribution < -0.4 is 5.32 Å². The molecule has 0 bridgehead atoms. The maximum absolute atomic E-state index is 10.9. The lowest BCUT2D eigenvalue weighted by Crippen LogP contribution is -2.21. The second kappa shape index (κ2) is 2.86. The highest BCUT2D eigenvalue weighted by Gasteiger charge is 2.28. The van der Waals surface area contributed by atoms with E-state index in [1.54, 1.807) is 0 Å². The van der Waals surface area contributed by atoms with Crippen molar-refractivity contribution < 1.29 is 9.59 Å². The fraction of sp³-hybridized carbons (Fsp3) is 0.500. The standard InChI is InChI=1S/C8H11NO2/c1-5(2)3-6-4-7(10)9-8(6)11/h3,6H,4H2,1-2H3,(H,9,10,11). The number of amides is 2. The third-order valence-corrected chi connectivity index (χ3v) is 1.54. The number of carbonyl (C=O) groups excluding carboxylic acids is 2. The van der Waals surface area contributed by atoms with Gasteiger partial charge in [-0.05, 0) is 13.8 Å². The first-order valence-corrected chi connectivity index (χ1v) is 3.58. The summed E-state index contributed by atoms with van der Waals surface area (Å²) in [4.78, 5) is 21.6. The molecule has 1 heterocycles. The van der Waals surface area contributed by atoms with E-state index in [-0.39, 0.29) is 17.7 Å². The molecule has 1 aliphatic rings. The van der Waals surface area contributed by atoms with E-state index in [0.717, 1.165) is 5.57 Å². The summed E-state index contributed by atoms with van der Waals surface area (Å²) in [7, 11) is 0. The van der Waals surface area contributed by atoms with Crippen LogP contribution in [0.5, 0.6) is 0 Å². The van der Waals surface area contributed by atoms with Crippen molar-refractivity contribution in [2.45, 2.75) is 20.3 Å². The number of carbonyl (C=O) groups is 2. The number of imide groups is 1. The van der Waals surface area contributed by atoms with Crippen LogP contribution in [-0.4, -0.2) is 11.8 Å². The summed E-state index contributed by atoms with van der Waals surface area (Å²) in [6, 6.07) is 0. The molecule has 0 aromatic rings. The molecule has 1 atom stereocenters. The van der Waals surface area contributed by atoms with Crippen LogP contribution in [0.4, 0.5) is 0 Å². The van der Waals surface area contributed by atoms with Gasteiger partial charge in [0.15, 0.2) is 0 Å². The molecule has 3 heteroatoms. The lowest BCUT2D eigenvalue weighted by atomic mass is 10.1. The number of rotatable bonds is 1. The molecule has 1 fully saturated rings. The van der Waals surface area contributed by atoms with Crippen LogP contribution >= 0.6 is 0 Å². The summed E-state index contributed by atoms with van der Waals surface area (Å²) < 4.78 is 0. The van der Waals surface area contributed by atoms with E-state index in [1.807, 2.05) is 19.9 Å². The third kappa shape index (κ3) is 1.90. The van der Waals surface area contributed by atoms with Gasteiger partial charge in [0.2, 0.25) is 11.8 Å². The van der Waals surface area contributed by atoms with E-state index in [4.69, 9.17) is 0 Å². The van der Waals surface area contributed by atoms with Gasteiger partial charge in [0, 0.05) is 6.42 Å². The summed E-state index contributed by atoms with van der Waals surface area (Å²) in [6.45, 7) is 3.83. The molecule has 0 saturated carbocycles. The van der Waals surface area contributed by atoms with Crippen LogP contribution in [0.1, 0.15) is 20.3 Å². The van der Waals surface area contributed by atoms with Gasteiger partial charge >= 0.3 is 0 Å². The van der Waals surface area contributed by atoms with E-state index < -0.39 is 0 Å². The number of allylic oxidation sites excluding steroid dienone is 1. The first kappa shape index (κ1) is 7.98. The average Bonchev–Trinajstić information content (AvgIpc) is 2.09. The molecule has 0 aromatic carbocycles. The summed E-state index contributed by atoms with van der Waals surface area (Å²) in [5.74, 6) is -0.568. The Morgan fingerprint density at radius 1 is 1.55 bits per heavy atom. The minimum atomic E-state index is -0.229. The molecular formula is C8H11NO2. The Kier molecular flexibility index (Phi) is 2.08. The summed E-state index contributed by atoms with van der Waals surface area (Å²) in [6.07, 6.45) is 2.13. The summed E-state index contributed by atoms with van der Waals surface area (Å²) in [5, 5.41) is 2.25.